The number of likely N-dealkylation sites (N-methyl/N-ethyl adjacent to an activating group) is 1. The molecule has 0 N–H and O–H groups in total. The van der Waals surface area contributed by atoms with Crippen LogP contribution in [0.5, 0.6) is 5.75 Å². The van der Waals surface area contributed by atoms with E-state index in [-0.39, 0.29) is 16.2 Å². The van der Waals surface area contributed by atoms with E-state index in [4.69, 9.17) is 9.16 Å². The number of aromatic nitrogens is 1. The summed E-state index contributed by atoms with van der Waals surface area (Å²) in [7, 11) is -0.177. The standard InChI is InChI=1S/C29H40N2O3SSi/c1-9-30(10-2)28(32)27-25-24-21(15-13-16-22(24)33-6)31(18-19-34-36(7,8)29(3,4)5)26(25)20-14-11-12-17-23(20)35-27/h11-17,27H,9-10,18-19H2,1-8H3. The summed E-state index contributed by atoms with van der Waals surface area (Å²) < 4.78 is 14.8. The maximum atomic E-state index is 13.9. The molecule has 0 radical (unpaired) electrons. The van der Waals surface area contributed by atoms with Gasteiger partial charge in [-0.2, -0.15) is 0 Å². The molecule has 1 unspecified atom stereocenters. The summed E-state index contributed by atoms with van der Waals surface area (Å²) >= 11 is 1.66. The average Bonchev–Trinajstić information content (AvgIpc) is 3.18. The highest BCUT2D eigenvalue weighted by Crippen LogP contribution is 2.54. The minimum Gasteiger partial charge on any atom is -0.496 e. The Labute approximate surface area is 221 Å². The van der Waals surface area contributed by atoms with E-state index in [1.165, 1.54) is 5.56 Å². The quantitative estimate of drug-likeness (QED) is 0.289. The molecule has 1 aliphatic heterocycles. The first-order valence-electron chi connectivity index (χ1n) is 12.9. The van der Waals surface area contributed by atoms with Gasteiger partial charge in [-0.1, -0.05) is 45.0 Å². The van der Waals surface area contributed by atoms with E-state index in [0.29, 0.717) is 19.7 Å². The van der Waals surface area contributed by atoms with Gasteiger partial charge in [0.15, 0.2) is 8.32 Å². The predicted octanol–water partition coefficient (Wildman–Crippen LogP) is 7.35. The third-order valence-electron chi connectivity index (χ3n) is 7.84. The lowest BCUT2D eigenvalue weighted by atomic mass is 10.00. The number of nitrogens with zero attached hydrogens (tertiary/aromatic N) is 2. The highest BCUT2D eigenvalue weighted by Gasteiger charge is 2.39. The topological polar surface area (TPSA) is 43.7 Å². The van der Waals surface area contributed by atoms with Gasteiger partial charge in [-0.25, -0.2) is 0 Å². The fraction of sp³-hybridized carbons (Fsp3) is 0.483. The molecule has 0 saturated carbocycles. The van der Waals surface area contributed by atoms with Crippen molar-refractivity contribution in [3.63, 3.8) is 0 Å². The van der Waals surface area contributed by atoms with E-state index in [0.717, 1.165) is 39.4 Å². The summed E-state index contributed by atoms with van der Waals surface area (Å²) in [6.45, 7) is 18.2. The SMILES string of the molecule is CCN(CC)C(=O)C1Sc2ccccc2-c2c1c1c(OC)cccc1n2CCO[Si](C)(C)C(C)(C)C. The first-order chi connectivity index (χ1) is 17.1. The zero-order chi connectivity index (χ0) is 26.3. The van der Waals surface area contributed by atoms with Crippen LogP contribution in [0, 0.1) is 0 Å². The molecular formula is C29H40N2O3SSi. The monoisotopic (exact) mass is 524 g/mol. The highest BCUT2D eigenvalue weighted by molar-refractivity contribution is 8.00. The third-order valence-corrected chi connectivity index (χ3v) is 13.7. The van der Waals surface area contributed by atoms with Crippen LogP contribution < -0.4 is 4.74 Å². The van der Waals surface area contributed by atoms with Gasteiger partial charge in [0, 0.05) is 41.0 Å². The van der Waals surface area contributed by atoms with Crippen LogP contribution in [-0.4, -0.2) is 50.5 Å². The Balaban J connectivity index is 1.92. The summed E-state index contributed by atoms with van der Waals surface area (Å²) in [5, 5.41) is 0.866. The van der Waals surface area contributed by atoms with E-state index in [1.807, 2.05) is 30.9 Å². The van der Waals surface area contributed by atoms with Crippen molar-refractivity contribution in [1.82, 2.24) is 9.47 Å². The van der Waals surface area contributed by atoms with Crippen LogP contribution in [-0.2, 0) is 15.8 Å². The van der Waals surface area contributed by atoms with Crippen molar-refractivity contribution < 1.29 is 14.0 Å². The number of rotatable bonds is 8. The molecule has 3 aromatic rings. The zero-order valence-corrected chi connectivity index (χ0v) is 24.8. The highest BCUT2D eigenvalue weighted by atomic mass is 32.2. The second-order valence-corrected chi connectivity index (χ2v) is 16.8. The lowest BCUT2D eigenvalue weighted by Gasteiger charge is -2.36. The van der Waals surface area contributed by atoms with Gasteiger partial charge in [-0.15, -0.1) is 11.8 Å². The smallest absolute Gasteiger partial charge is 0.240 e. The van der Waals surface area contributed by atoms with Crippen molar-refractivity contribution in [2.45, 2.75) is 69.4 Å². The number of hydrogen-bond donors (Lipinski definition) is 0. The summed E-state index contributed by atoms with van der Waals surface area (Å²) in [6, 6.07) is 14.6. The number of ether oxygens (including phenoxy) is 1. The Hall–Kier alpha value is -2.22. The Bertz CT molecular complexity index is 1260. The molecule has 0 spiro atoms. The number of methoxy groups -OCH3 is 1. The number of benzene rings is 2. The molecule has 7 heteroatoms. The maximum Gasteiger partial charge on any atom is 0.240 e. The van der Waals surface area contributed by atoms with Crippen LogP contribution in [0.25, 0.3) is 22.2 Å². The molecule has 0 fully saturated rings. The van der Waals surface area contributed by atoms with Crippen molar-refractivity contribution in [3.8, 4) is 17.0 Å². The second-order valence-electron chi connectivity index (χ2n) is 10.9. The third kappa shape index (κ3) is 4.61. The van der Waals surface area contributed by atoms with Gasteiger partial charge in [-0.05, 0) is 50.2 Å². The Morgan fingerprint density at radius 3 is 2.42 bits per heavy atom. The van der Waals surface area contributed by atoms with Gasteiger partial charge < -0.3 is 18.6 Å². The van der Waals surface area contributed by atoms with Crippen molar-refractivity contribution in [2.75, 3.05) is 26.8 Å². The fourth-order valence-electron chi connectivity index (χ4n) is 4.78. The molecule has 194 valence electrons. The number of thioether (sulfide) groups is 1. The fourth-order valence-corrected chi connectivity index (χ4v) is 7.12. The summed E-state index contributed by atoms with van der Waals surface area (Å²) in [5.74, 6) is 0.966. The maximum absolute atomic E-state index is 13.9. The summed E-state index contributed by atoms with van der Waals surface area (Å²) in [6.07, 6.45) is 0. The van der Waals surface area contributed by atoms with E-state index < -0.39 is 8.32 Å². The van der Waals surface area contributed by atoms with Crippen molar-refractivity contribution in [2.24, 2.45) is 0 Å². The van der Waals surface area contributed by atoms with E-state index >= 15 is 0 Å². The van der Waals surface area contributed by atoms with Gasteiger partial charge in [0.2, 0.25) is 5.91 Å². The number of fused-ring (bicyclic) bond motifs is 5. The molecule has 0 bridgehead atoms. The van der Waals surface area contributed by atoms with Gasteiger partial charge >= 0.3 is 0 Å². The predicted molar refractivity (Wildman–Crippen MR) is 154 cm³/mol. The van der Waals surface area contributed by atoms with E-state index in [2.05, 4.69) is 68.8 Å². The summed E-state index contributed by atoms with van der Waals surface area (Å²) in [5.41, 5.74) is 4.45. The molecule has 0 saturated heterocycles. The second kappa shape index (κ2) is 10.3. The van der Waals surface area contributed by atoms with E-state index in [1.54, 1.807) is 18.9 Å². The van der Waals surface area contributed by atoms with Crippen molar-refractivity contribution in [3.05, 3.63) is 48.0 Å². The molecule has 5 nitrogen and oxygen atoms in total. The van der Waals surface area contributed by atoms with E-state index in [9.17, 15) is 4.79 Å². The van der Waals surface area contributed by atoms with Crippen molar-refractivity contribution in [1.29, 1.82) is 0 Å². The number of amides is 1. The minimum atomic E-state index is -1.89. The molecule has 1 aromatic heterocycles. The molecule has 2 aromatic carbocycles. The lowest BCUT2D eigenvalue weighted by Crippen LogP contribution is -2.41. The molecule has 2 heterocycles. The molecule has 1 atom stereocenters. The van der Waals surface area contributed by atoms with Gasteiger partial charge in [0.05, 0.1) is 24.9 Å². The van der Waals surface area contributed by atoms with Crippen LogP contribution >= 0.6 is 11.8 Å². The van der Waals surface area contributed by atoms with Gasteiger partial charge in [0.25, 0.3) is 0 Å². The van der Waals surface area contributed by atoms with Crippen LogP contribution in [0.3, 0.4) is 0 Å². The van der Waals surface area contributed by atoms with Crippen LogP contribution in [0.15, 0.2) is 47.4 Å². The first-order valence-corrected chi connectivity index (χ1v) is 16.7. The Morgan fingerprint density at radius 1 is 1.08 bits per heavy atom. The molecule has 36 heavy (non-hydrogen) atoms. The van der Waals surface area contributed by atoms with Gasteiger partial charge in [-0.3, -0.25) is 4.79 Å². The number of carbonyl (C=O) groups is 1. The minimum absolute atomic E-state index is 0.152. The zero-order valence-electron chi connectivity index (χ0n) is 23.0. The molecule has 1 aliphatic rings. The number of hydrogen-bond acceptors (Lipinski definition) is 4. The molecular weight excluding hydrogens is 484 g/mol. The number of carbonyl (C=O) groups excluding carboxylic acids is 1. The van der Waals surface area contributed by atoms with Crippen LogP contribution in [0.1, 0.15) is 45.4 Å². The molecule has 1 amide bonds. The normalized spacial score (nSPS) is 15.5. The van der Waals surface area contributed by atoms with Crippen molar-refractivity contribution >= 4 is 36.9 Å². The average molecular weight is 525 g/mol. The molecule has 4 rings (SSSR count). The first kappa shape index (κ1) is 26.8. The largest absolute Gasteiger partial charge is 0.496 e. The van der Waals surface area contributed by atoms with Crippen LogP contribution in [0.2, 0.25) is 18.1 Å². The van der Waals surface area contributed by atoms with Gasteiger partial charge in [0.1, 0.15) is 11.0 Å². The lowest BCUT2D eigenvalue weighted by molar-refractivity contribution is -0.130. The Kier molecular flexibility index (Phi) is 7.65. The van der Waals surface area contributed by atoms with Crippen LogP contribution in [0.4, 0.5) is 0 Å². The Morgan fingerprint density at radius 2 is 1.78 bits per heavy atom. The summed E-state index contributed by atoms with van der Waals surface area (Å²) in [4.78, 5) is 17.0. The molecule has 0 aliphatic carbocycles.